The van der Waals surface area contributed by atoms with Gasteiger partial charge in [-0.05, 0) is 20.3 Å². The van der Waals surface area contributed by atoms with Gasteiger partial charge >= 0.3 is 0 Å². The second-order valence-corrected chi connectivity index (χ2v) is 3.55. The fraction of sp³-hybridized carbons (Fsp3) is 1.00. The molecule has 0 radical (unpaired) electrons. The lowest BCUT2D eigenvalue weighted by atomic mass is 9.95. The molecule has 1 saturated heterocycles. The summed E-state index contributed by atoms with van der Waals surface area (Å²) >= 11 is 0. The molecule has 0 aromatic heterocycles. The first-order chi connectivity index (χ1) is 5.08. The van der Waals surface area contributed by atoms with Crippen molar-refractivity contribution in [2.75, 3.05) is 13.7 Å². The molecule has 1 aliphatic rings. The molecule has 0 aromatic rings. The van der Waals surface area contributed by atoms with Crippen LogP contribution in [0.15, 0.2) is 0 Å². The molecular formula is C8H17NO2. The van der Waals surface area contributed by atoms with E-state index >= 15 is 0 Å². The van der Waals surface area contributed by atoms with Crippen molar-refractivity contribution in [1.82, 2.24) is 0 Å². The SMILES string of the molecule is COC(C)(C)C1OCCC1N. The molecule has 0 spiro atoms. The average Bonchev–Trinajstić information content (AvgIpc) is 2.36. The third-order valence-electron chi connectivity index (χ3n) is 2.35. The van der Waals surface area contributed by atoms with E-state index in [2.05, 4.69) is 0 Å². The predicted molar refractivity (Wildman–Crippen MR) is 43.4 cm³/mol. The number of rotatable bonds is 2. The van der Waals surface area contributed by atoms with Crippen LogP contribution in [-0.2, 0) is 9.47 Å². The van der Waals surface area contributed by atoms with Gasteiger partial charge in [0.15, 0.2) is 0 Å². The van der Waals surface area contributed by atoms with Crippen LogP contribution in [0.5, 0.6) is 0 Å². The summed E-state index contributed by atoms with van der Waals surface area (Å²) in [5, 5.41) is 0. The van der Waals surface area contributed by atoms with E-state index in [4.69, 9.17) is 15.2 Å². The maximum absolute atomic E-state index is 5.84. The maximum Gasteiger partial charge on any atom is 0.101 e. The van der Waals surface area contributed by atoms with Gasteiger partial charge in [0.05, 0.1) is 5.60 Å². The first-order valence-electron chi connectivity index (χ1n) is 4.00. The number of nitrogens with two attached hydrogens (primary N) is 1. The van der Waals surface area contributed by atoms with Crippen molar-refractivity contribution in [2.24, 2.45) is 5.73 Å². The minimum atomic E-state index is -0.254. The molecule has 0 saturated carbocycles. The fourth-order valence-corrected chi connectivity index (χ4v) is 1.44. The topological polar surface area (TPSA) is 44.5 Å². The molecule has 0 aliphatic carbocycles. The Bertz CT molecular complexity index is 136. The molecular weight excluding hydrogens is 142 g/mol. The molecule has 0 amide bonds. The molecule has 66 valence electrons. The minimum Gasteiger partial charge on any atom is -0.376 e. The maximum atomic E-state index is 5.84. The van der Waals surface area contributed by atoms with Gasteiger partial charge in [0.25, 0.3) is 0 Å². The molecule has 0 aromatic carbocycles. The summed E-state index contributed by atoms with van der Waals surface area (Å²) in [5.74, 6) is 0. The van der Waals surface area contributed by atoms with Gasteiger partial charge in [-0.2, -0.15) is 0 Å². The van der Waals surface area contributed by atoms with Crippen molar-refractivity contribution in [3.63, 3.8) is 0 Å². The van der Waals surface area contributed by atoms with Gasteiger partial charge in [-0.15, -0.1) is 0 Å². The van der Waals surface area contributed by atoms with E-state index in [0.717, 1.165) is 13.0 Å². The lowest BCUT2D eigenvalue weighted by Gasteiger charge is -2.31. The van der Waals surface area contributed by atoms with Gasteiger partial charge < -0.3 is 15.2 Å². The lowest BCUT2D eigenvalue weighted by molar-refractivity contribution is -0.0902. The molecule has 1 rings (SSSR count). The quantitative estimate of drug-likeness (QED) is 0.639. The van der Waals surface area contributed by atoms with E-state index < -0.39 is 0 Å². The van der Waals surface area contributed by atoms with E-state index in [-0.39, 0.29) is 17.7 Å². The first-order valence-corrected chi connectivity index (χ1v) is 4.00. The Balaban J connectivity index is 2.58. The zero-order valence-electron chi connectivity index (χ0n) is 7.46. The Morgan fingerprint density at radius 2 is 2.18 bits per heavy atom. The van der Waals surface area contributed by atoms with Gasteiger partial charge in [-0.1, -0.05) is 0 Å². The van der Waals surface area contributed by atoms with Crippen LogP contribution in [0.4, 0.5) is 0 Å². The Morgan fingerprint density at radius 3 is 2.55 bits per heavy atom. The summed E-state index contributed by atoms with van der Waals surface area (Å²) in [6, 6.07) is 0.130. The van der Waals surface area contributed by atoms with E-state index in [1.54, 1.807) is 7.11 Å². The average molecular weight is 159 g/mol. The van der Waals surface area contributed by atoms with Crippen molar-refractivity contribution in [1.29, 1.82) is 0 Å². The zero-order valence-corrected chi connectivity index (χ0v) is 7.46. The van der Waals surface area contributed by atoms with Gasteiger partial charge in [-0.3, -0.25) is 0 Å². The molecule has 2 N–H and O–H groups in total. The number of methoxy groups -OCH3 is 1. The highest BCUT2D eigenvalue weighted by molar-refractivity contribution is 4.91. The van der Waals surface area contributed by atoms with Crippen LogP contribution in [-0.4, -0.2) is 31.5 Å². The summed E-state index contributed by atoms with van der Waals surface area (Å²) in [5.41, 5.74) is 5.58. The predicted octanol–water partition coefficient (Wildman–Crippen LogP) is 0.528. The van der Waals surface area contributed by atoms with E-state index in [1.165, 1.54) is 0 Å². The Labute approximate surface area is 67.9 Å². The van der Waals surface area contributed by atoms with Crippen molar-refractivity contribution in [2.45, 2.75) is 38.0 Å². The van der Waals surface area contributed by atoms with E-state index in [1.807, 2.05) is 13.8 Å². The number of ether oxygens (including phenoxy) is 2. The van der Waals surface area contributed by atoms with Crippen LogP contribution < -0.4 is 5.73 Å². The van der Waals surface area contributed by atoms with Crippen LogP contribution in [0.25, 0.3) is 0 Å². The normalized spacial score (nSPS) is 32.7. The summed E-state index contributed by atoms with van der Waals surface area (Å²) in [6.45, 7) is 4.77. The van der Waals surface area contributed by atoms with E-state index in [9.17, 15) is 0 Å². The highest BCUT2D eigenvalue weighted by Crippen LogP contribution is 2.25. The minimum absolute atomic E-state index is 0.0486. The van der Waals surface area contributed by atoms with Crippen molar-refractivity contribution >= 4 is 0 Å². The van der Waals surface area contributed by atoms with Crippen molar-refractivity contribution in [3.05, 3.63) is 0 Å². The van der Waals surface area contributed by atoms with Crippen molar-refractivity contribution in [3.8, 4) is 0 Å². The van der Waals surface area contributed by atoms with Crippen LogP contribution in [0, 0.1) is 0 Å². The Hall–Kier alpha value is -0.120. The Morgan fingerprint density at radius 1 is 1.55 bits per heavy atom. The largest absolute Gasteiger partial charge is 0.376 e. The lowest BCUT2D eigenvalue weighted by Crippen LogP contribution is -2.47. The van der Waals surface area contributed by atoms with Gasteiger partial charge in [0.1, 0.15) is 6.10 Å². The Kier molecular flexibility index (Phi) is 2.52. The molecule has 1 fully saturated rings. The zero-order chi connectivity index (χ0) is 8.48. The second kappa shape index (κ2) is 3.09. The number of hydrogen-bond donors (Lipinski definition) is 1. The highest BCUT2D eigenvalue weighted by Gasteiger charge is 2.38. The number of hydrogen-bond acceptors (Lipinski definition) is 3. The van der Waals surface area contributed by atoms with Crippen LogP contribution >= 0.6 is 0 Å². The summed E-state index contributed by atoms with van der Waals surface area (Å²) in [7, 11) is 1.69. The van der Waals surface area contributed by atoms with E-state index in [0.29, 0.717) is 0 Å². The smallest absolute Gasteiger partial charge is 0.101 e. The molecule has 11 heavy (non-hydrogen) atoms. The third kappa shape index (κ3) is 1.72. The molecule has 1 aliphatic heterocycles. The summed E-state index contributed by atoms with van der Waals surface area (Å²) < 4.78 is 10.8. The molecule has 3 nitrogen and oxygen atoms in total. The molecule has 1 heterocycles. The molecule has 0 bridgehead atoms. The highest BCUT2D eigenvalue weighted by atomic mass is 16.5. The van der Waals surface area contributed by atoms with Crippen LogP contribution in [0.3, 0.4) is 0 Å². The first kappa shape index (κ1) is 8.97. The summed E-state index contributed by atoms with van der Waals surface area (Å²) in [6.07, 6.45) is 0.991. The van der Waals surface area contributed by atoms with Gasteiger partial charge in [0, 0.05) is 19.8 Å². The molecule has 3 heteroatoms. The van der Waals surface area contributed by atoms with Gasteiger partial charge in [-0.25, -0.2) is 0 Å². The molecule has 2 atom stereocenters. The second-order valence-electron chi connectivity index (χ2n) is 3.55. The van der Waals surface area contributed by atoms with Crippen molar-refractivity contribution < 1.29 is 9.47 Å². The standard InChI is InChI=1S/C8H17NO2/c1-8(2,10-3)7-6(9)4-5-11-7/h6-7H,4-5,9H2,1-3H3. The summed E-state index contributed by atoms with van der Waals surface area (Å²) in [4.78, 5) is 0. The fourth-order valence-electron chi connectivity index (χ4n) is 1.44. The monoisotopic (exact) mass is 159 g/mol. The third-order valence-corrected chi connectivity index (χ3v) is 2.35. The van der Waals surface area contributed by atoms with Gasteiger partial charge in [0.2, 0.25) is 0 Å². The molecule has 2 unspecified atom stereocenters. The van der Waals surface area contributed by atoms with Crippen LogP contribution in [0.2, 0.25) is 0 Å². The van der Waals surface area contributed by atoms with Crippen LogP contribution in [0.1, 0.15) is 20.3 Å².